The van der Waals surface area contributed by atoms with E-state index < -0.39 is 0 Å². The highest BCUT2D eigenvalue weighted by atomic mass is 35.5. The standard InChI is InChI=1S/C22H27ClN2O3.C14H22N2O/c1-3-11-12-8-15-19-22(13-6-4-5-7-14(13)24(19)2)9-16(25(15)21(11)27)18(12)20(22)28-17(26)10-23;1-5-16(6-2)10-13(17)15-14-11(3)8-7-9-12(14)4/h4-7,11-12,15-16,18-21,27H,3,8-10H2,1-2H3;7-9H,5-6,10H2,1-4H3,(H,15,17)/t11-,12-,15-,16-,18?,19-,20+,21+,22+;/m0./s1. The molecule has 1 spiro atoms. The van der Waals surface area contributed by atoms with E-state index in [-0.39, 0.29) is 59.4 Å². The molecular weight excluding hydrogens is 588 g/mol. The summed E-state index contributed by atoms with van der Waals surface area (Å²) in [5.41, 5.74) is 5.53. The maximum absolute atomic E-state index is 12.4. The average molecular weight is 637 g/mol. The van der Waals surface area contributed by atoms with E-state index in [0.29, 0.717) is 18.5 Å². The number of anilines is 2. The first-order valence-corrected chi connectivity index (χ1v) is 17.3. The third kappa shape index (κ3) is 4.98. The molecule has 5 aliphatic heterocycles. The zero-order chi connectivity index (χ0) is 32.2. The van der Waals surface area contributed by atoms with Gasteiger partial charge in [0, 0.05) is 42.3 Å². The Hall–Kier alpha value is -2.65. The van der Waals surface area contributed by atoms with Crippen molar-refractivity contribution < 1.29 is 19.4 Å². The van der Waals surface area contributed by atoms with E-state index in [1.807, 2.05) is 32.0 Å². The van der Waals surface area contributed by atoms with Gasteiger partial charge in [0.15, 0.2) is 0 Å². The van der Waals surface area contributed by atoms with E-state index >= 15 is 0 Å². The van der Waals surface area contributed by atoms with Crippen LogP contribution in [0.2, 0.25) is 0 Å². The number of carbonyl (C=O) groups is 2. The summed E-state index contributed by atoms with van der Waals surface area (Å²) in [4.78, 5) is 31.2. The third-order valence-corrected chi connectivity index (χ3v) is 12.0. The topological polar surface area (TPSA) is 85.4 Å². The van der Waals surface area contributed by atoms with Crippen LogP contribution in [0.3, 0.4) is 0 Å². The van der Waals surface area contributed by atoms with Crippen molar-refractivity contribution in [3.63, 3.8) is 0 Å². The van der Waals surface area contributed by atoms with Gasteiger partial charge in [-0.05, 0) is 74.9 Å². The van der Waals surface area contributed by atoms with Crippen LogP contribution >= 0.6 is 11.6 Å². The van der Waals surface area contributed by atoms with E-state index in [1.165, 1.54) is 11.3 Å². The number of esters is 1. The minimum absolute atomic E-state index is 0.0612. The molecule has 4 saturated heterocycles. The van der Waals surface area contributed by atoms with Crippen LogP contribution in [-0.2, 0) is 19.7 Å². The van der Waals surface area contributed by atoms with Crippen LogP contribution in [0, 0.1) is 31.6 Å². The fraction of sp³-hybridized carbons (Fsp3) is 0.611. The number of benzene rings is 2. The van der Waals surface area contributed by atoms with E-state index in [4.69, 9.17) is 16.3 Å². The summed E-state index contributed by atoms with van der Waals surface area (Å²) in [6.45, 7) is 12.6. The molecule has 1 saturated carbocycles. The number of hydrogen-bond donors (Lipinski definition) is 2. The van der Waals surface area contributed by atoms with Crippen LogP contribution in [0.1, 0.15) is 56.7 Å². The summed E-state index contributed by atoms with van der Waals surface area (Å²) < 4.78 is 6.19. The summed E-state index contributed by atoms with van der Waals surface area (Å²) in [7, 11) is 2.17. The van der Waals surface area contributed by atoms with Gasteiger partial charge in [-0.1, -0.05) is 57.2 Å². The number of amides is 1. The van der Waals surface area contributed by atoms with Gasteiger partial charge in [0.25, 0.3) is 0 Å². The molecule has 1 amide bonds. The molecule has 1 aliphatic carbocycles. The van der Waals surface area contributed by atoms with Crippen molar-refractivity contribution >= 4 is 34.9 Å². The number of nitrogens with zero attached hydrogens (tertiary/aromatic N) is 3. The lowest BCUT2D eigenvalue weighted by Gasteiger charge is -2.62. The first kappa shape index (κ1) is 32.3. The van der Waals surface area contributed by atoms with Crippen LogP contribution in [0.4, 0.5) is 11.4 Å². The molecule has 45 heavy (non-hydrogen) atoms. The van der Waals surface area contributed by atoms with Crippen molar-refractivity contribution in [3.8, 4) is 0 Å². The van der Waals surface area contributed by atoms with E-state index in [9.17, 15) is 14.7 Å². The predicted octanol–water partition coefficient (Wildman–Crippen LogP) is 4.93. The van der Waals surface area contributed by atoms with E-state index in [1.54, 1.807) is 0 Å². The van der Waals surface area contributed by atoms with Crippen molar-refractivity contribution in [2.45, 2.75) is 89.8 Å². The number of rotatable bonds is 8. The number of likely N-dealkylation sites (N-methyl/N-ethyl adjacent to an activating group) is 2. The molecule has 5 heterocycles. The molecule has 5 fully saturated rings. The quantitative estimate of drug-likeness (QED) is 0.314. The molecule has 8 nitrogen and oxygen atoms in total. The van der Waals surface area contributed by atoms with Gasteiger partial charge in [-0.3, -0.25) is 19.4 Å². The summed E-state index contributed by atoms with van der Waals surface area (Å²) >= 11 is 5.87. The first-order chi connectivity index (χ1) is 21.6. The lowest BCUT2D eigenvalue weighted by atomic mass is 9.62. The second kappa shape index (κ2) is 12.5. The number of fused-ring (bicyclic) bond motifs is 2. The Bertz CT molecular complexity index is 1410. The number of para-hydroxylation sites is 2. The van der Waals surface area contributed by atoms with Gasteiger partial charge in [0.1, 0.15) is 18.2 Å². The zero-order valence-electron chi connectivity index (χ0n) is 27.5. The smallest absolute Gasteiger partial charge is 0.321 e. The second-order valence-corrected chi connectivity index (χ2v) is 13.9. The number of ether oxygens (including phenoxy) is 1. The van der Waals surface area contributed by atoms with Crippen LogP contribution < -0.4 is 10.2 Å². The highest BCUT2D eigenvalue weighted by Crippen LogP contribution is 2.69. The number of piperidine rings is 4. The molecule has 2 aromatic rings. The number of aliphatic hydroxyl groups is 1. The van der Waals surface area contributed by atoms with Crippen LogP contribution in [-0.4, -0.2) is 89.8 Å². The monoisotopic (exact) mass is 636 g/mol. The average Bonchev–Trinajstić information content (AvgIpc) is 3.44. The van der Waals surface area contributed by atoms with E-state index in [0.717, 1.165) is 49.2 Å². The molecule has 2 aromatic carbocycles. The van der Waals surface area contributed by atoms with Crippen LogP contribution in [0.25, 0.3) is 0 Å². The van der Waals surface area contributed by atoms with Crippen LogP contribution in [0.15, 0.2) is 42.5 Å². The van der Waals surface area contributed by atoms with Crippen molar-refractivity contribution in [2.24, 2.45) is 17.8 Å². The maximum atomic E-state index is 12.4. The minimum Gasteiger partial charge on any atom is -0.460 e. The van der Waals surface area contributed by atoms with Crippen molar-refractivity contribution in [1.29, 1.82) is 0 Å². The number of hydrogen-bond acceptors (Lipinski definition) is 7. The lowest BCUT2D eigenvalue weighted by Crippen LogP contribution is -2.72. The molecular formula is C36H49ClN4O4. The molecule has 2 unspecified atom stereocenters. The summed E-state index contributed by atoms with van der Waals surface area (Å²) in [6.07, 6.45) is 2.44. The fourth-order valence-corrected chi connectivity index (χ4v) is 10.1. The normalized spacial score (nSPS) is 34.7. The number of carbonyl (C=O) groups excluding carboxylic acids is 2. The molecule has 0 radical (unpaired) electrons. The maximum Gasteiger partial charge on any atom is 0.321 e. The SMILES string of the molecule is CCN(CC)CC(=O)Nc1c(C)cccc1C.CC[C@H]1[C@@H]2C[C@H]3[C@@H]4N(C)c5ccccc5[C@]45C[C@@H](C2[C@H]5OC(=O)CCl)N3[C@@H]1O. The Balaban J connectivity index is 0.000000182. The molecule has 2 N–H and O–H groups in total. The molecule has 10 atom stereocenters. The van der Waals surface area contributed by atoms with Gasteiger partial charge in [0.05, 0.1) is 18.0 Å². The number of aryl methyl sites for hydroxylation is 2. The van der Waals surface area contributed by atoms with E-state index in [2.05, 4.69) is 72.1 Å². The largest absolute Gasteiger partial charge is 0.460 e. The van der Waals surface area contributed by atoms with Crippen molar-refractivity contribution in [2.75, 3.05) is 42.8 Å². The fourth-order valence-electron chi connectivity index (χ4n) is 10.0. The van der Waals surface area contributed by atoms with Gasteiger partial charge in [-0.2, -0.15) is 0 Å². The Morgan fingerprint density at radius 2 is 1.76 bits per heavy atom. The molecule has 9 heteroatoms. The highest BCUT2D eigenvalue weighted by Gasteiger charge is 2.77. The van der Waals surface area contributed by atoms with Gasteiger partial charge in [-0.25, -0.2) is 0 Å². The Morgan fingerprint density at radius 3 is 2.40 bits per heavy atom. The summed E-state index contributed by atoms with van der Waals surface area (Å²) in [6, 6.07) is 15.4. The number of nitrogens with one attached hydrogen (secondary N) is 1. The molecule has 5 bridgehead atoms. The summed E-state index contributed by atoms with van der Waals surface area (Å²) in [5.74, 6) is 0.571. The summed E-state index contributed by atoms with van der Waals surface area (Å²) in [5, 5.41) is 14.2. The Labute approximate surface area is 273 Å². The van der Waals surface area contributed by atoms with Crippen LogP contribution in [0.5, 0.6) is 0 Å². The lowest BCUT2D eigenvalue weighted by molar-refractivity contribution is -0.212. The molecule has 0 aromatic heterocycles. The third-order valence-electron chi connectivity index (χ3n) is 11.8. The second-order valence-electron chi connectivity index (χ2n) is 13.7. The van der Waals surface area contributed by atoms with Gasteiger partial charge < -0.3 is 20.1 Å². The number of aliphatic hydroxyl groups excluding tert-OH is 1. The van der Waals surface area contributed by atoms with Gasteiger partial charge in [-0.15, -0.1) is 11.6 Å². The Morgan fingerprint density at radius 1 is 1.07 bits per heavy atom. The number of halogens is 1. The first-order valence-electron chi connectivity index (χ1n) is 16.7. The molecule has 8 rings (SSSR count). The molecule has 6 aliphatic rings. The highest BCUT2D eigenvalue weighted by molar-refractivity contribution is 6.26. The van der Waals surface area contributed by atoms with Crippen molar-refractivity contribution in [1.82, 2.24) is 9.80 Å². The van der Waals surface area contributed by atoms with Crippen molar-refractivity contribution in [3.05, 3.63) is 59.2 Å². The Kier molecular flexibility index (Phi) is 8.98. The number of alkyl halides is 1. The van der Waals surface area contributed by atoms with Gasteiger partial charge in [0.2, 0.25) is 5.91 Å². The minimum atomic E-state index is -0.382. The predicted molar refractivity (Wildman–Crippen MR) is 179 cm³/mol. The molecule has 244 valence electrons. The zero-order valence-corrected chi connectivity index (χ0v) is 28.3. The van der Waals surface area contributed by atoms with Gasteiger partial charge >= 0.3 is 5.97 Å².